The maximum atomic E-state index is 11.7. The molecule has 1 aliphatic heterocycles. The molecule has 1 saturated heterocycles. The van der Waals surface area contributed by atoms with E-state index in [-0.39, 0.29) is 6.03 Å². The highest BCUT2D eigenvalue weighted by molar-refractivity contribution is 6.30. The Balaban J connectivity index is 1.75. The van der Waals surface area contributed by atoms with Crippen molar-refractivity contribution in [2.24, 2.45) is 5.92 Å². The average molecular weight is 279 g/mol. The SMILES string of the molecule is N#CN1CCC(CNC(=O)Nc2cccc(Cl)c2)C1. The highest BCUT2D eigenvalue weighted by Gasteiger charge is 2.21. The first-order valence-corrected chi connectivity index (χ1v) is 6.50. The second-order valence-electron chi connectivity index (χ2n) is 4.55. The number of nitriles is 1. The van der Waals surface area contributed by atoms with Gasteiger partial charge in [-0.15, -0.1) is 0 Å². The average Bonchev–Trinajstić information content (AvgIpc) is 2.84. The molecule has 1 atom stereocenters. The third kappa shape index (κ3) is 4.04. The van der Waals surface area contributed by atoms with Crippen molar-refractivity contribution < 1.29 is 4.79 Å². The van der Waals surface area contributed by atoms with Crippen molar-refractivity contribution in [1.82, 2.24) is 10.2 Å². The number of nitrogens with zero attached hydrogens (tertiary/aromatic N) is 2. The van der Waals surface area contributed by atoms with Crippen LogP contribution in [0.15, 0.2) is 24.3 Å². The lowest BCUT2D eigenvalue weighted by Gasteiger charge is -2.12. The van der Waals surface area contributed by atoms with Crippen LogP contribution in [0, 0.1) is 17.4 Å². The van der Waals surface area contributed by atoms with Crippen LogP contribution in [0.1, 0.15) is 6.42 Å². The topological polar surface area (TPSA) is 68.2 Å². The van der Waals surface area contributed by atoms with E-state index in [1.165, 1.54) is 0 Å². The van der Waals surface area contributed by atoms with E-state index in [2.05, 4.69) is 16.8 Å². The fourth-order valence-electron chi connectivity index (χ4n) is 2.07. The van der Waals surface area contributed by atoms with E-state index in [4.69, 9.17) is 16.9 Å². The van der Waals surface area contributed by atoms with Gasteiger partial charge in [0.25, 0.3) is 0 Å². The summed E-state index contributed by atoms with van der Waals surface area (Å²) >= 11 is 5.83. The van der Waals surface area contributed by atoms with Crippen LogP contribution in [0.4, 0.5) is 10.5 Å². The zero-order valence-electron chi connectivity index (χ0n) is 10.4. The van der Waals surface area contributed by atoms with Crippen molar-refractivity contribution in [2.45, 2.75) is 6.42 Å². The summed E-state index contributed by atoms with van der Waals surface area (Å²) in [5.74, 6) is 0.338. The standard InChI is InChI=1S/C13H15ClN4O/c14-11-2-1-3-12(6-11)17-13(19)16-7-10-4-5-18(8-10)9-15/h1-3,6,10H,4-5,7-8H2,(H2,16,17,19). The van der Waals surface area contributed by atoms with Crippen LogP contribution in [-0.4, -0.2) is 30.6 Å². The summed E-state index contributed by atoms with van der Waals surface area (Å²) in [7, 11) is 0. The van der Waals surface area contributed by atoms with Gasteiger partial charge in [0.2, 0.25) is 0 Å². The van der Waals surface area contributed by atoms with Gasteiger partial charge < -0.3 is 15.5 Å². The van der Waals surface area contributed by atoms with Crippen molar-refractivity contribution in [3.05, 3.63) is 29.3 Å². The molecule has 2 amide bonds. The predicted octanol–water partition coefficient (Wildman–Crippen LogP) is 2.26. The number of carbonyl (C=O) groups excluding carboxylic acids is 1. The lowest BCUT2D eigenvalue weighted by molar-refractivity contribution is 0.250. The number of urea groups is 1. The number of anilines is 1. The van der Waals surface area contributed by atoms with Crippen LogP contribution in [0.2, 0.25) is 5.02 Å². The summed E-state index contributed by atoms with van der Waals surface area (Å²) in [6.45, 7) is 2.07. The highest BCUT2D eigenvalue weighted by Crippen LogP contribution is 2.15. The fourth-order valence-corrected chi connectivity index (χ4v) is 2.26. The Bertz CT molecular complexity index is 500. The molecule has 1 unspecified atom stereocenters. The molecule has 0 bridgehead atoms. The van der Waals surface area contributed by atoms with Gasteiger partial charge >= 0.3 is 6.03 Å². The Morgan fingerprint density at radius 2 is 2.42 bits per heavy atom. The van der Waals surface area contributed by atoms with Crippen molar-refractivity contribution >= 4 is 23.3 Å². The van der Waals surface area contributed by atoms with Crippen LogP contribution < -0.4 is 10.6 Å². The van der Waals surface area contributed by atoms with Gasteiger partial charge in [0.05, 0.1) is 0 Å². The van der Waals surface area contributed by atoms with Crippen LogP contribution in [0.5, 0.6) is 0 Å². The molecule has 100 valence electrons. The molecule has 0 radical (unpaired) electrons. The molecule has 1 fully saturated rings. The first-order chi connectivity index (χ1) is 9.17. The molecule has 1 aromatic rings. The molecule has 19 heavy (non-hydrogen) atoms. The monoisotopic (exact) mass is 278 g/mol. The van der Waals surface area contributed by atoms with E-state index in [9.17, 15) is 4.79 Å². The molecule has 1 aromatic carbocycles. The van der Waals surface area contributed by atoms with Crippen LogP contribution in [0.3, 0.4) is 0 Å². The first-order valence-electron chi connectivity index (χ1n) is 6.12. The van der Waals surface area contributed by atoms with E-state index in [0.29, 0.717) is 29.7 Å². The summed E-state index contributed by atoms with van der Waals surface area (Å²) in [6.07, 6.45) is 3.05. The zero-order valence-corrected chi connectivity index (χ0v) is 11.2. The summed E-state index contributed by atoms with van der Waals surface area (Å²) < 4.78 is 0. The number of hydrogen-bond donors (Lipinski definition) is 2. The van der Waals surface area contributed by atoms with E-state index in [1.54, 1.807) is 29.2 Å². The third-order valence-electron chi connectivity index (χ3n) is 3.06. The second kappa shape index (κ2) is 6.30. The van der Waals surface area contributed by atoms with Crippen LogP contribution >= 0.6 is 11.6 Å². The number of amides is 2. The number of benzene rings is 1. The van der Waals surface area contributed by atoms with Gasteiger partial charge in [-0.1, -0.05) is 17.7 Å². The molecule has 6 heteroatoms. The van der Waals surface area contributed by atoms with Crippen LogP contribution in [0.25, 0.3) is 0 Å². The minimum atomic E-state index is -0.252. The zero-order chi connectivity index (χ0) is 13.7. The van der Waals surface area contributed by atoms with Gasteiger partial charge in [-0.2, -0.15) is 5.26 Å². The number of likely N-dealkylation sites (tertiary alicyclic amines) is 1. The van der Waals surface area contributed by atoms with Crippen LogP contribution in [-0.2, 0) is 0 Å². The van der Waals surface area contributed by atoms with Crippen molar-refractivity contribution in [1.29, 1.82) is 5.26 Å². The van der Waals surface area contributed by atoms with Gasteiger partial charge in [0, 0.05) is 30.3 Å². The van der Waals surface area contributed by atoms with Gasteiger partial charge in [-0.05, 0) is 30.5 Å². The van der Waals surface area contributed by atoms with E-state index >= 15 is 0 Å². The molecule has 2 N–H and O–H groups in total. The van der Waals surface area contributed by atoms with Gasteiger partial charge in [-0.25, -0.2) is 4.79 Å². The molecule has 5 nitrogen and oxygen atoms in total. The molecule has 0 spiro atoms. The van der Waals surface area contributed by atoms with E-state index < -0.39 is 0 Å². The van der Waals surface area contributed by atoms with Crippen molar-refractivity contribution in [3.8, 4) is 6.19 Å². The number of rotatable bonds is 3. The Morgan fingerprint density at radius 1 is 1.58 bits per heavy atom. The molecule has 0 saturated carbocycles. The molecule has 0 aliphatic carbocycles. The molecule has 1 heterocycles. The Kier molecular flexibility index (Phi) is 4.48. The molecular formula is C13H15ClN4O. The highest BCUT2D eigenvalue weighted by atomic mass is 35.5. The number of hydrogen-bond acceptors (Lipinski definition) is 3. The quantitative estimate of drug-likeness (QED) is 0.834. The van der Waals surface area contributed by atoms with Crippen molar-refractivity contribution in [2.75, 3.05) is 25.0 Å². The predicted molar refractivity (Wildman–Crippen MR) is 73.8 cm³/mol. The lowest BCUT2D eigenvalue weighted by Crippen LogP contribution is -2.33. The Hall–Kier alpha value is -1.93. The number of nitrogens with one attached hydrogen (secondary N) is 2. The Labute approximate surface area is 117 Å². The first kappa shape index (κ1) is 13.5. The molecule has 2 rings (SSSR count). The summed E-state index contributed by atoms with van der Waals surface area (Å²) in [5, 5.41) is 14.9. The number of carbonyl (C=O) groups is 1. The smallest absolute Gasteiger partial charge is 0.319 e. The molecule has 0 aromatic heterocycles. The van der Waals surface area contributed by atoms with Gasteiger partial charge in [0.15, 0.2) is 6.19 Å². The van der Waals surface area contributed by atoms with E-state index in [0.717, 1.165) is 13.0 Å². The summed E-state index contributed by atoms with van der Waals surface area (Å²) in [4.78, 5) is 13.4. The largest absolute Gasteiger partial charge is 0.338 e. The summed E-state index contributed by atoms with van der Waals surface area (Å²) in [5.41, 5.74) is 0.662. The van der Waals surface area contributed by atoms with Crippen molar-refractivity contribution in [3.63, 3.8) is 0 Å². The number of halogens is 1. The minimum absolute atomic E-state index is 0.252. The Morgan fingerprint density at radius 3 is 3.11 bits per heavy atom. The molecule has 1 aliphatic rings. The maximum Gasteiger partial charge on any atom is 0.319 e. The minimum Gasteiger partial charge on any atom is -0.338 e. The third-order valence-corrected chi connectivity index (χ3v) is 3.30. The molecular weight excluding hydrogens is 264 g/mol. The van der Waals surface area contributed by atoms with Gasteiger partial charge in [0.1, 0.15) is 0 Å². The van der Waals surface area contributed by atoms with E-state index in [1.807, 2.05) is 0 Å². The second-order valence-corrected chi connectivity index (χ2v) is 4.98. The summed E-state index contributed by atoms with van der Waals surface area (Å²) in [6, 6.07) is 6.74. The normalized spacial score (nSPS) is 17.9. The maximum absolute atomic E-state index is 11.7. The fraction of sp³-hybridized carbons (Fsp3) is 0.385. The lowest BCUT2D eigenvalue weighted by atomic mass is 10.1. The van der Waals surface area contributed by atoms with Gasteiger partial charge in [-0.3, -0.25) is 0 Å².